The lowest BCUT2D eigenvalue weighted by molar-refractivity contribution is -0.126. The molecule has 9 heteroatoms. The molecule has 1 amide bonds. The Hall–Kier alpha value is -3.59. The summed E-state index contributed by atoms with van der Waals surface area (Å²) in [7, 11) is 1.54. The molecule has 0 spiro atoms. The second kappa shape index (κ2) is 12.1. The number of fused-ring (bicyclic) bond motifs is 1. The Morgan fingerprint density at radius 2 is 1.95 bits per heavy atom. The molecule has 194 valence electrons. The number of aromatic nitrogens is 1. The largest absolute Gasteiger partial charge is 0.493 e. The van der Waals surface area contributed by atoms with Crippen LogP contribution in [0.15, 0.2) is 54.7 Å². The molecule has 0 atom stereocenters. The molecule has 37 heavy (non-hydrogen) atoms. The van der Waals surface area contributed by atoms with Crippen LogP contribution >= 0.6 is 12.6 Å². The quantitative estimate of drug-likeness (QED) is 0.0920. The van der Waals surface area contributed by atoms with E-state index in [2.05, 4.69) is 29.0 Å². The van der Waals surface area contributed by atoms with Crippen molar-refractivity contribution >= 4 is 41.4 Å². The molecule has 0 unspecified atom stereocenters. The Balaban J connectivity index is 1.48. The van der Waals surface area contributed by atoms with Crippen LogP contribution in [-0.2, 0) is 9.59 Å². The summed E-state index contributed by atoms with van der Waals surface area (Å²) in [5.74, 6) is 1.19. The second-order valence-corrected chi connectivity index (χ2v) is 9.25. The number of carbonyl (C=O) groups excluding carboxylic acids is 2. The highest BCUT2D eigenvalue weighted by Crippen LogP contribution is 2.44. The van der Waals surface area contributed by atoms with Crippen molar-refractivity contribution in [2.45, 2.75) is 32.1 Å². The first kappa shape index (κ1) is 26.5. The minimum atomic E-state index is -0.981. The average molecular weight is 525 g/mol. The summed E-state index contributed by atoms with van der Waals surface area (Å²) >= 11 is 4.21. The first-order chi connectivity index (χ1) is 18.0. The molecular weight excluding hydrogens is 495 g/mol. The summed E-state index contributed by atoms with van der Waals surface area (Å²) in [6.07, 6.45) is 10.4. The highest BCUT2D eigenvalue weighted by atomic mass is 32.1. The molecule has 0 bridgehead atoms. The Kier molecular flexibility index (Phi) is 8.66. The van der Waals surface area contributed by atoms with E-state index in [9.17, 15) is 14.0 Å². The van der Waals surface area contributed by atoms with E-state index < -0.39 is 17.1 Å². The maximum atomic E-state index is 14.8. The lowest BCUT2D eigenvalue weighted by Gasteiger charge is -2.14. The van der Waals surface area contributed by atoms with Crippen molar-refractivity contribution in [3.05, 3.63) is 60.6 Å². The molecular formula is C28H29FN2O5S. The number of unbranched alkanes of at least 4 members (excludes halogenated alkanes) is 2. The Bertz CT molecular complexity index is 1310. The number of rotatable bonds is 13. The number of halogens is 1. The number of allylic oxidation sites excluding steroid dienone is 1. The molecule has 1 aliphatic carbocycles. The van der Waals surface area contributed by atoms with Crippen molar-refractivity contribution in [1.82, 2.24) is 4.98 Å². The molecule has 7 nitrogen and oxygen atoms in total. The number of carbonyl (C=O) groups is 2. The molecule has 2 aromatic carbocycles. The molecule has 1 aromatic heterocycles. The molecule has 1 N–H and O–H groups in total. The van der Waals surface area contributed by atoms with Gasteiger partial charge in [-0.05, 0) is 62.1 Å². The van der Waals surface area contributed by atoms with Crippen LogP contribution in [0.1, 0.15) is 32.1 Å². The first-order valence-corrected chi connectivity index (χ1v) is 12.7. The molecule has 4 rings (SSSR count). The minimum absolute atomic E-state index is 0.0237. The van der Waals surface area contributed by atoms with Crippen LogP contribution in [0.2, 0.25) is 0 Å². The highest BCUT2D eigenvalue weighted by Gasteiger charge is 2.50. The van der Waals surface area contributed by atoms with Gasteiger partial charge in [0.2, 0.25) is 5.91 Å². The van der Waals surface area contributed by atoms with Crippen molar-refractivity contribution in [3.63, 3.8) is 0 Å². The first-order valence-electron chi connectivity index (χ1n) is 12.1. The van der Waals surface area contributed by atoms with Crippen molar-refractivity contribution in [2.75, 3.05) is 24.8 Å². The van der Waals surface area contributed by atoms with E-state index in [0.29, 0.717) is 53.9 Å². The maximum Gasteiger partial charge on any atom is 0.237 e. The zero-order valence-electron chi connectivity index (χ0n) is 20.5. The van der Waals surface area contributed by atoms with E-state index in [1.807, 2.05) is 6.08 Å². The number of amides is 1. The predicted molar refractivity (Wildman–Crippen MR) is 143 cm³/mol. The SMILES string of the molecule is COc1cc2c(Oc3ccc(NC(=O)C4(C=O)CC4)cc3F)ccnc2cc1OC/C=C/CCCCS. The monoisotopic (exact) mass is 524 g/mol. The molecule has 0 aliphatic heterocycles. The number of nitrogens with one attached hydrogen (secondary N) is 1. The van der Waals surface area contributed by atoms with Crippen LogP contribution < -0.4 is 19.5 Å². The van der Waals surface area contributed by atoms with Gasteiger partial charge in [-0.2, -0.15) is 12.6 Å². The Morgan fingerprint density at radius 3 is 2.65 bits per heavy atom. The summed E-state index contributed by atoms with van der Waals surface area (Å²) in [5.41, 5.74) is -0.133. The number of nitrogens with zero attached hydrogens (tertiary/aromatic N) is 1. The number of aldehydes is 1. The van der Waals surface area contributed by atoms with Gasteiger partial charge in [0.25, 0.3) is 0 Å². The summed E-state index contributed by atoms with van der Waals surface area (Å²) < 4.78 is 32.1. The second-order valence-electron chi connectivity index (χ2n) is 8.81. The van der Waals surface area contributed by atoms with Gasteiger partial charge in [-0.25, -0.2) is 4.39 Å². The molecule has 1 aliphatic rings. The number of pyridine rings is 1. The van der Waals surface area contributed by atoms with Gasteiger partial charge in [-0.1, -0.05) is 12.2 Å². The van der Waals surface area contributed by atoms with Crippen LogP contribution in [0, 0.1) is 11.2 Å². The number of methoxy groups -OCH3 is 1. The minimum Gasteiger partial charge on any atom is -0.493 e. The fourth-order valence-corrected chi connectivity index (χ4v) is 3.98. The summed E-state index contributed by atoms with van der Waals surface area (Å²) in [4.78, 5) is 27.8. The standard InChI is InChI=1S/C28H29FN2O5S/c1-34-25-16-20-22(17-26(25)35-13-5-3-2-4-6-14-37)30-12-9-23(20)36-24-8-7-19(15-21(24)29)31-27(33)28(18-32)10-11-28/h3,5,7-9,12,15-18,37H,2,4,6,10-11,13-14H2,1H3,(H,31,33)/b5-3+. The smallest absolute Gasteiger partial charge is 0.237 e. The van der Waals surface area contributed by atoms with E-state index in [0.717, 1.165) is 31.1 Å². The van der Waals surface area contributed by atoms with Crippen LogP contribution in [-0.4, -0.2) is 36.6 Å². The zero-order valence-corrected chi connectivity index (χ0v) is 21.4. The fourth-order valence-electron chi connectivity index (χ4n) is 3.76. The van der Waals surface area contributed by atoms with Crippen molar-refractivity contribution in [2.24, 2.45) is 5.41 Å². The lowest BCUT2D eigenvalue weighted by atomic mass is 10.1. The van der Waals surface area contributed by atoms with Gasteiger partial charge in [0.05, 0.1) is 12.6 Å². The molecule has 3 aromatic rings. The van der Waals surface area contributed by atoms with Gasteiger partial charge < -0.3 is 24.3 Å². The van der Waals surface area contributed by atoms with Crippen molar-refractivity contribution < 1.29 is 28.2 Å². The maximum absolute atomic E-state index is 14.8. The van der Waals surface area contributed by atoms with Crippen LogP contribution in [0.25, 0.3) is 10.9 Å². The van der Waals surface area contributed by atoms with Gasteiger partial charge in [-0.3, -0.25) is 9.78 Å². The van der Waals surface area contributed by atoms with Gasteiger partial charge in [0.1, 0.15) is 24.1 Å². The third kappa shape index (κ3) is 6.40. The zero-order chi connectivity index (χ0) is 26.3. The highest BCUT2D eigenvalue weighted by molar-refractivity contribution is 7.80. The Labute approximate surface area is 220 Å². The molecule has 0 saturated heterocycles. The van der Waals surface area contributed by atoms with Crippen LogP contribution in [0.5, 0.6) is 23.0 Å². The summed E-state index contributed by atoms with van der Waals surface area (Å²) in [5, 5.41) is 3.22. The lowest BCUT2D eigenvalue weighted by Crippen LogP contribution is -2.25. The van der Waals surface area contributed by atoms with E-state index >= 15 is 0 Å². The fraction of sp³-hybridized carbons (Fsp3) is 0.321. The van der Waals surface area contributed by atoms with Crippen molar-refractivity contribution in [3.8, 4) is 23.0 Å². The molecule has 1 heterocycles. The number of anilines is 1. The summed E-state index contributed by atoms with van der Waals surface area (Å²) in [6, 6.07) is 9.24. The molecule has 1 saturated carbocycles. The van der Waals surface area contributed by atoms with E-state index in [-0.39, 0.29) is 11.4 Å². The van der Waals surface area contributed by atoms with E-state index in [4.69, 9.17) is 14.2 Å². The number of hydrogen-bond acceptors (Lipinski definition) is 7. The summed E-state index contributed by atoms with van der Waals surface area (Å²) in [6.45, 7) is 0.390. The number of thiol groups is 1. The van der Waals surface area contributed by atoms with Gasteiger partial charge in [0, 0.05) is 29.4 Å². The Morgan fingerprint density at radius 1 is 1.11 bits per heavy atom. The average Bonchev–Trinajstić information content (AvgIpc) is 3.71. The third-order valence-electron chi connectivity index (χ3n) is 6.14. The predicted octanol–water partition coefficient (Wildman–Crippen LogP) is 6.13. The number of ether oxygens (including phenoxy) is 3. The third-order valence-corrected chi connectivity index (χ3v) is 6.46. The molecule has 1 fully saturated rings. The van der Waals surface area contributed by atoms with E-state index in [1.54, 1.807) is 31.5 Å². The van der Waals surface area contributed by atoms with Gasteiger partial charge in [0.15, 0.2) is 23.1 Å². The number of hydrogen-bond donors (Lipinski definition) is 2. The van der Waals surface area contributed by atoms with Crippen LogP contribution in [0.3, 0.4) is 0 Å². The van der Waals surface area contributed by atoms with E-state index in [1.165, 1.54) is 12.1 Å². The van der Waals surface area contributed by atoms with Crippen LogP contribution in [0.4, 0.5) is 10.1 Å². The number of benzene rings is 2. The topological polar surface area (TPSA) is 86.8 Å². The van der Waals surface area contributed by atoms with Gasteiger partial charge >= 0.3 is 0 Å². The molecule has 0 radical (unpaired) electrons. The normalized spacial score (nSPS) is 13.9. The van der Waals surface area contributed by atoms with Crippen molar-refractivity contribution in [1.29, 1.82) is 0 Å². The van der Waals surface area contributed by atoms with Gasteiger partial charge in [-0.15, -0.1) is 0 Å².